The Morgan fingerprint density at radius 3 is 2.33 bits per heavy atom. The van der Waals surface area contributed by atoms with E-state index in [4.69, 9.17) is 4.74 Å². The second-order valence-corrected chi connectivity index (χ2v) is 10.5. The number of hydrogen-bond acceptors (Lipinski definition) is 4. The number of rotatable bonds is 7. The van der Waals surface area contributed by atoms with Gasteiger partial charge in [0.2, 0.25) is 0 Å². The van der Waals surface area contributed by atoms with Gasteiger partial charge < -0.3 is 15.0 Å². The molecule has 2 fully saturated rings. The van der Waals surface area contributed by atoms with Crippen molar-refractivity contribution in [3.63, 3.8) is 0 Å². The van der Waals surface area contributed by atoms with Gasteiger partial charge in [0.25, 0.3) is 11.8 Å². The molecule has 2 unspecified atom stereocenters. The molecule has 2 aliphatic rings. The summed E-state index contributed by atoms with van der Waals surface area (Å²) in [5.41, 5.74) is 4.96. The van der Waals surface area contributed by atoms with Crippen molar-refractivity contribution in [3.05, 3.63) is 88.7 Å². The van der Waals surface area contributed by atoms with Crippen LogP contribution in [0.3, 0.4) is 0 Å². The summed E-state index contributed by atoms with van der Waals surface area (Å²) in [6.45, 7) is 7.75. The number of anilines is 1. The van der Waals surface area contributed by atoms with Crippen LogP contribution in [-0.2, 0) is 6.42 Å². The first-order valence-corrected chi connectivity index (χ1v) is 12.6. The van der Waals surface area contributed by atoms with E-state index in [0.717, 1.165) is 36.5 Å². The lowest BCUT2D eigenvalue weighted by Gasteiger charge is -2.21. The lowest BCUT2D eigenvalue weighted by atomic mass is 10.1. The summed E-state index contributed by atoms with van der Waals surface area (Å²) in [6.07, 6.45) is 2.50. The highest BCUT2D eigenvalue weighted by molar-refractivity contribution is 6.05. The monoisotopic (exact) mass is 483 g/mol. The molecule has 36 heavy (non-hydrogen) atoms. The fraction of sp³-hybridized carbons (Fsp3) is 0.367. The molecule has 5 rings (SSSR count). The van der Waals surface area contributed by atoms with Gasteiger partial charge in [-0.15, -0.1) is 0 Å². The number of carbonyl (C=O) groups excluding carboxylic acids is 2. The van der Waals surface area contributed by atoms with E-state index in [0.29, 0.717) is 40.5 Å². The number of nitrogens with zero attached hydrogens (tertiary/aromatic N) is 2. The minimum absolute atomic E-state index is 0.0193. The van der Waals surface area contributed by atoms with E-state index < -0.39 is 0 Å². The second kappa shape index (κ2) is 9.76. The average Bonchev–Trinajstić information content (AvgIpc) is 3.37. The number of benzene rings is 2. The third kappa shape index (κ3) is 4.85. The fourth-order valence-corrected chi connectivity index (χ4v) is 5.38. The molecule has 3 aromatic rings. The maximum Gasteiger partial charge on any atom is 0.257 e. The van der Waals surface area contributed by atoms with Crippen molar-refractivity contribution < 1.29 is 14.3 Å². The highest BCUT2D eigenvalue weighted by atomic mass is 16.5. The van der Waals surface area contributed by atoms with Gasteiger partial charge in [-0.05, 0) is 84.5 Å². The number of methoxy groups -OCH3 is 1. The highest BCUT2D eigenvalue weighted by Gasteiger charge is 2.57. The van der Waals surface area contributed by atoms with Crippen LogP contribution < -0.4 is 10.1 Å². The number of likely N-dealkylation sites (tertiary alicyclic amines) is 1. The predicted octanol–water partition coefficient (Wildman–Crippen LogP) is 5.34. The Morgan fingerprint density at radius 2 is 1.72 bits per heavy atom. The number of nitrogens with one attached hydrogen (secondary N) is 1. The van der Waals surface area contributed by atoms with Crippen molar-refractivity contribution in [1.82, 2.24) is 9.88 Å². The molecule has 0 radical (unpaired) electrons. The zero-order valence-electron chi connectivity index (χ0n) is 21.3. The van der Waals surface area contributed by atoms with Crippen molar-refractivity contribution in [3.8, 4) is 5.75 Å². The van der Waals surface area contributed by atoms with Crippen LogP contribution in [-0.4, -0.2) is 41.9 Å². The van der Waals surface area contributed by atoms with Gasteiger partial charge in [0, 0.05) is 36.2 Å². The molecule has 1 aromatic heterocycles. The summed E-state index contributed by atoms with van der Waals surface area (Å²) in [5.74, 6) is 2.71. The van der Waals surface area contributed by atoms with Gasteiger partial charge in [0.1, 0.15) is 5.75 Å². The normalized spacial score (nSPS) is 20.2. The summed E-state index contributed by atoms with van der Waals surface area (Å²) in [4.78, 5) is 32.5. The number of aryl methyl sites for hydroxylation is 1. The van der Waals surface area contributed by atoms with E-state index in [9.17, 15) is 9.59 Å². The van der Waals surface area contributed by atoms with Crippen LogP contribution in [0, 0.1) is 24.7 Å². The highest BCUT2D eigenvalue weighted by Crippen LogP contribution is 2.58. The molecular weight excluding hydrogens is 450 g/mol. The SMILES string of the molecule is COc1ccc(C2C3CN(C(=O)c4ccc(C)c(NC(=O)c5ccc(CC(C)C)nc5)c4)C[C@H]32)cc1. The van der Waals surface area contributed by atoms with Crippen LogP contribution in [0.25, 0.3) is 0 Å². The number of fused-ring (bicyclic) bond motifs is 1. The van der Waals surface area contributed by atoms with Crippen LogP contribution in [0.4, 0.5) is 5.69 Å². The number of piperidine rings is 1. The molecular formula is C30H33N3O3. The largest absolute Gasteiger partial charge is 0.497 e. The van der Waals surface area contributed by atoms with Gasteiger partial charge in [0.15, 0.2) is 0 Å². The molecule has 1 saturated heterocycles. The van der Waals surface area contributed by atoms with Gasteiger partial charge in [-0.25, -0.2) is 0 Å². The second-order valence-electron chi connectivity index (χ2n) is 10.5. The number of aromatic nitrogens is 1. The van der Waals surface area contributed by atoms with Crippen LogP contribution in [0.2, 0.25) is 0 Å². The van der Waals surface area contributed by atoms with Crippen molar-refractivity contribution in [2.24, 2.45) is 17.8 Å². The lowest BCUT2D eigenvalue weighted by molar-refractivity contribution is 0.0772. The lowest BCUT2D eigenvalue weighted by Crippen LogP contribution is -2.31. The van der Waals surface area contributed by atoms with E-state index >= 15 is 0 Å². The van der Waals surface area contributed by atoms with Crippen molar-refractivity contribution in [1.29, 1.82) is 0 Å². The quantitative estimate of drug-likeness (QED) is 0.493. The molecule has 0 bridgehead atoms. The Bertz CT molecular complexity index is 1260. The molecule has 1 saturated carbocycles. The Hall–Kier alpha value is -3.67. The topological polar surface area (TPSA) is 71.5 Å². The molecule has 2 heterocycles. The summed E-state index contributed by atoms with van der Waals surface area (Å²) < 4.78 is 5.26. The number of pyridine rings is 1. The average molecular weight is 484 g/mol. The van der Waals surface area contributed by atoms with Crippen molar-refractivity contribution in [2.45, 2.75) is 33.1 Å². The number of amides is 2. The molecule has 1 aliphatic carbocycles. The van der Waals surface area contributed by atoms with Gasteiger partial charge in [-0.2, -0.15) is 0 Å². The standard InChI is InChI=1S/C30H33N3O3/c1-18(2)13-23-10-7-22(15-31-23)29(34)32-27-14-21(6-5-19(27)3)30(35)33-16-25-26(17-33)28(25)20-8-11-24(36-4)12-9-20/h5-12,14-15,18,25-26,28H,13,16-17H2,1-4H3,(H,32,34)/t25-,26?,28?/m1/s1. The minimum Gasteiger partial charge on any atom is -0.497 e. The Balaban J connectivity index is 1.22. The van der Waals surface area contributed by atoms with Crippen LogP contribution in [0.15, 0.2) is 60.8 Å². The molecule has 6 nitrogen and oxygen atoms in total. The summed E-state index contributed by atoms with van der Waals surface area (Å²) in [7, 11) is 1.68. The molecule has 1 aliphatic heterocycles. The van der Waals surface area contributed by atoms with E-state index in [2.05, 4.69) is 36.3 Å². The number of ether oxygens (including phenoxy) is 1. The third-order valence-corrected chi connectivity index (χ3v) is 7.42. The van der Waals surface area contributed by atoms with Crippen LogP contribution >= 0.6 is 0 Å². The molecule has 6 heteroatoms. The van der Waals surface area contributed by atoms with Crippen molar-refractivity contribution in [2.75, 3.05) is 25.5 Å². The molecule has 1 N–H and O–H groups in total. The van der Waals surface area contributed by atoms with Crippen molar-refractivity contribution >= 4 is 17.5 Å². The Labute approximate surface area is 212 Å². The Kier molecular flexibility index (Phi) is 6.52. The Morgan fingerprint density at radius 1 is 1.03 bits per heavy atom. The summed E-state index contributed by atoms with van der Waals surface area (Å²) in [6, 6.07) is 17.5. The van der Waals surface area contributed by atoms with Gasteiger partial charge in [-0.1, -0.05) is 32.0 Å². The number of hydrogen-bond donors (Lipinski definition) is 1. The van der Waals surface area contributed by atoms with Crippen LogP contribution in [0.1, 0.15) is 57.3 Å². The van der Waals surface area contributed by atoms with E-state index in [-0.39, 0.29) is 11.8 Å². The first-order valence-electron chi connectivity index (χ1n) is 12.6. The molecule has 2 amide bonds. The zero-order chi connectivity index (χ0) is 25.4. The van der Waals surface area contributed by atoms with Gasteiger partial charge in [-0.3, -0.25) is 14.6 Å². The predicted molar refractivity (Wildman–Crippen MR) is 141 cm³/mol. The first kappa shape index (κ1) is 24.0. The minimum atomic E-state index is -0.226. The maximum atomic E-state index is 13.3. The number of carbonyl (C=O) groups is 2. The molecule has 3 atom stereocenters. The van der Waals surface area contributed by atoms with Crippen LogP contribution in [0.5, 0.6) is 5.75 Å². The third-order valence-electron chi connectivity index (χ3n) is 7.42. The summed E-state index contributed by atoms with van der Waals surface area (Å²) in [5, 5.41) is 2.97. The fourth-order valence-electron chi connectivity index (χ4n) is 5.38. The first-order chi connectivity index (χ1) is 17.3. The molecule has 186 valence electrons. The van der Waals surface area contributed by atoms with E-state index in [1.165, 1.54) is 5.56 Å². The van der Waals surface area contributed by atoms with Gasteiger partial charge >= 0.3 is 0 Å². The van der Waals surface area contributed by atoms with Gasteiger partial charge in [0.05, 0.1) is 12.7 Å². The summed E-state index contributed by atoms with van der Waals surface area (Å²) >= 11 is 0. The molecule has 0 spiro atoms. The zero-order valence-corrected chi connectivity index (χ0v) is 21.3. The van der Waals surface area contributed by atoms with E-state index in [1.807, 2.05) is 42.2 Å². The van der Waals surface area contributed by atoms with E-state index in [1.54, 1.807) is 25.4 Å². The maximum absolute atomic E-state index is 13.3. The molecule has 2 aromatic carbocycles. The smallest absolute Gasteiger partial charge is 0.257 e.